The highest BCUT2D eigenvalue weighted by Gasteiger charge is 2.51. The Hall–Kier alpha value is -6.36. The first-order valence-corrected chi connectivity index (χ1v) is 27.3. The largest absolute Gasteiger partial charge is 0.508 e. The Morgan fingerprint density at radius 3 is 2.41 bits per heavy atom. The summed E-state index contributed by atoms with van der Waals surface area (Å²) in [6.45, 7) is 10.0. The topological polar surface area (TPSA) is 165 Å². The summed E-state index contributed by atoms with van der Waals surface area (Å²) in [6.07, 6.45) is 12.8. The molecule has 2 aromatic heterocycles. The van der Waals surface area contributed by atoms with Gasteiger partial charge in [-0.25, -0.2) is 8.78 Å². The zero-order valence-electron chi connectivity index (χ0n) is 42.8. The molecule has 14 nitrogen and oxygen atoms in total. The van der Waals surface area contributed by atoms with Crippen LogP contribution in [0.25, 0.3) is 43.7 Å². The van der Waals surface area contributed by atoms with Crippen molar-refractivity contribution in [3.63, 3.8) is 0 Å². The minimum atomic E-state index is -0.966. The van der Waals surface area contributed by atoms with Gasteiger partial charge in [-0.05, 0) is 179 Å². The highest BCUT2D eigenvalue weighted by Crippen LogP contribution is 2.54. The molecule has 3 N–H and O–H groups in total. The van der Waals surface area contributed by atoms with Gasteiger partial charge in [0.1, 0.15) is 34.6 Å². The highest BCUT2D eigenvalue weighted by atomic mass is 19.1. The van der Waals surface area contributed by atoms with E-state index < -0.39 is 29.2 Å². The smallest absolute Gasteiger partial charge is 0.319 e. The molecule has 13 rings (SSSR count). The lowest BCUT2D eigenvalue weighted by atomic mass is 9.59. The van der Waals surface area contributed by atoms with Crippen LogP contribution in [0.4, 0.5) is 20.3 Å². The van der Waals surface area contributed by atoms with E-state index in [1.165, 1.54) is 43.4 Å². The van der Waals surface area contributed by atoms with Gasteiger partial charge in [0.15, 0.2) is 5.82 Å². The highest BCUT2D eigenvalue weighted by molar-refractivity contribution is 6.27. The lowest BCUT2D eigenvalue weighted by Crippen LogP contribution is -2.56. The number of hydrogen-bond donors (Lipinski definition) is 3. The number of likely N-dealkylation sites (tertiary alicyclic amines) is 2. The molecule has 1 spiro atoms. The molecule has 2 saturated carbocycles. The van der Waals surface area contributed by atoms with Gasteiger partial charge >= 0.3 is 6.01 Å². The summed E-state index contributed by atoms with van der Waals surface area (Å²) >= 11 is 0. The van der Waals surface area contributed by atoms with E-state index in [0.717, 1.165) is 81.3 Å². The Kier molecular flexibility index (Phi) is 11.7. The summed E-state index contributed by atoms with van der Waals surface area (Å²) in [5, 5.41) is 27.8. The first-order chi connectivity index (χ1) is 36.2. The molecule has 2 atom stereocenters. The van der Waals surface area contributed by atoms with Gasteiger partial charge < -0.3 is 29.6 Å². The molecule has 5 aliphatic heterocycles. The van der Waals surface area contributed by atoms with Gasteiger partial charge in [-0.3, -0.25) is 29.6 Å². The first kappa shape index (κ1) is 48.3. The van der Waals surface area contributed by atoms with E-state index in [4.69, 9.17) is 14.7 Å². The van der Waals surface area contributed by atoms with Crippen molar-refractivity contribution in [2.45, 2.75) is 121 Å². The summed E-state index contributed by atoms with van der Waals surface area (Å²) in [5.74, 6) is -1.26. The molecule has 3 amide bonds. The maximum Gasteiger partial charge on any atom is 0.319 e. The third kappa shape index (κ3) is 8.46. The second kappa shape index (κ2) is 18.2. The predicted octanol–water partition coefficient (Wildman–Crippen LogP) is 8.94. The number of rotatable bonds is 11. The molecule has 7 heterocycles. The number of aromatic hydroxyl groups is 1. The standard InChI is InChI=1S/C59H64F2N8O6/c1-3-38-44(60)10-8-35-26-37(70)27-42(48(35)38)51-50(61)52-43(30-62-51)53(68-21-5-16-57(2,74)31-68)65-56(64-52)75-33-59(17-18-59)32-66-24-19-58(20-25-66)28-36(29-58)67-22-14-34(15-23-67)39-9-11-45-49-40(39)6-4-7-41(49)55(73)69(45)46-12-13-47(71)63-54(46)72/h4,6-11,26-27,30,34,36,46,70,74H,3,5,12-25,28-29,31-33H2,1-2H3,(H,63,71,72)/t46?,57-/m1/s1. The number of phenols is 1. The Labute approximate surface area is 434 Å². The van der Waals surface area contributed by atoms with Crippen LogP contribution in [0.5, 0.6) is 11.8 Å². The average molecular weight is 1020 g/mol. The number of piperidine rings is 4. The van der Waals surface area contributed by atoms with Gasteiger partial charge in [0.25, 0.3) is 5.91 Å². The van der Waals surface area contributed by atoms with E-state index in [0.29, 0.717) is 89.4 Å². The third-order valence-electron chi connectivity index (χ3n) is 18.4. The number of aliphatic hydroxyl groups is 1. The number of fused-ring (bicyclic) bond motifs is 2. The van der Waals surface area contributed by atoms with Crippen molar-refractivity contribution < 1.29 is 38.1 Å². The summed E-state index contributed by atoms with van der Waals surface area (Å²) in [6, 6.07) is 16.0. The second-order valence-corrected chi connectivity index (χ2v) is 23.5. The lowest BCUT2D eigenvalue weighted by Gasteiger charge is -2.56. The molecule has 75 heavy (non-hydrogen) atoms. The lowest BCUT2D eigenvalue weighted by molar-refractivity contribution is -0.134. The summed E-state index contributed by atoms with van der Waals surface area (Å²) in [4.78, 5) is 61.6. The van der Waals surface area contributed by atoms with Crippen LogP contribution in [-0.4, -0.2) is 123 Å². The van der Waals surface area contributed by atoms with Crippen molar-refractivity contribution in [3.05, 3.63) is 89.1 Å². The number of hydrogen-bond acceptors (Lipinski definition) is 12. The van der Waals surface area contributed by atoms with Gasteiger partial charge in [0.2, 0.25) is 11.8 Å². The van der Waals surface area contributed by atoms with E-state index in [-0.39, 0.29) is 52.2 Å². The first-order valence-electron chi connectivity index (χ1n) is 27.3. The predicted molar refractivity (Wildman–Crippen MR) is 282 cm³/mol. The minimum Gasteiger partial charge on any atom is -0.508 e. The molecule has 4 saturated heterocycles. The fourth-order valence-corrected chi connectivity index (χ4v) is 14.2. The third-order valence-corrected chi connectivity index (χ3v) is 18.4. The van der Waals surface area contributed by atoms with Crippen molar-refractivity contribution >= 4 is 61.7 Å². The second-order valence-electron chi connectivity index (χ2n) is 23.5. The number of imide groups is 1. The number of pyridine rings is 1. The number of β-amino-alcohol motifs (C(OH)–C–C–N with tert-alkyl or cyclic N) is 1. The van der Waals surface area contributed by atoms with Crippen molar-refractivity contribution in [3.8, 4) is 23.0 Å². The van der Waals surface area contributed by atoms with E-state index >= 15 is 8.78 Å². The van der Waals surface area contributed by atoms with Gasteiger partial charge in [0.05, 0.1) is 23.3 Å². The number of amides is 3. The number of halogens is 2. The summed E-state index contributed by atoms with van der Waals surface area (Å²) < 4.78 is 38.9. The fraction of sp³-hybridized carbons (Fsp3) is 0.492. The van der Waals surface area contributed by atoms with Crippen LogP contribution in [0.3, 0.4) is 0 Å². The maximum absolute atomic E-state index is 17.2. The van der Waals surface area contributed by atoms with Crippen LogP contribution in [0.15, 0.2) is 60.8 Å². The van der Waals surface area contributed by atoms with Crippen molar-refractivity contribution in [1.82, 2.24) is 30.1 Å². The molecule has 6 fully saturated rings. The summed E-state index contributed by atoms with van der Waals surface area (Å²) in [5.41, 5.74) is 2.68. The zero-order chi connectivity index (χ0) is 51.5. The molecule has 7 aliphatic rings. The van der Waals surface area contributed by atoms with Gasteiger partial charge in [-0.1, -0.05) is 31.2 Å². The number of carbonyl (C=O) groups excluding carboxylic acids is 3. The number of benzene rings is 4. The van der Waals surface area contributed by atoms with Crippen LogP contribution >= 0.6 is 0 Å². The molecule has 1 unspecified atom stereocenters. The quantitative estimate of drug-likeness (QED) is 0.106. The number of aromatic nitrogens is 3. The van der Waals surface area contributed by atoms with Crippen molar-refractivity contribution in [2.75, 3.05) is 62.2 Å². The monoisotopic (exact) mass is 1020 g/mol. The van der Waals surface area contributed by atoms with Crippen LogP contribution in [-0.2, 0) is 16.0 Å². The van der Waals surface area contributed by atoms with Crippen LogP contribution in [0.2, 0.25) is 0 Å². The molecule has 2 aliphatic carbocycles. The Morgan fingerprint density at radius 2 is 1.67 bits per heavy atom. The molecular formula is C59H64F2N8O6. The molecule has 16 heteroatoms. The number of ether oxygens (including phenoxy) is 1. The van der Waals surface area contributed by atoms with E-state index in [1.54, 1.807) is 30.2 Å². The van der Waals surface area contributed by atoms with Crippen molar-refractivity contribution in [2.24, 2.45) is 10.8 Å². The van der Waals surface area contributed by atoms with E-state index in [9.17, 15) is 24.6 Å². The van der Waals surface area contributed by atoms with Gasteiger partial charge in [-0.15, -0.1) is 0 Å². The molecule has 390 valence electrons. The SMILES string of the molecule is CCc1c(F)ccc2cc(O)cc(-c3ncc4c(N5CCC[C@@](C)(O)C5)nc(OCC5(CN6CCC7(CC6)CC(N6CCC(c8ccc9c%10c(cccc8%10)C(=O)N9C8CCC(=O)NC8=O)CC6)C7)CC5)nc4c3F)c12. The maximum atomic E-state index is 17.2. The van der Waals surface area contributed by atoms with Crippen LogP contribution in [0, 0.1) is 22.5 Å². The zero-order valence-corrected chi connectivity index (χ0v) is 42.8. The Morgan fingerprint density at radius 1 is 0.867 bits per heavy atom. The Bertz CT molecular complexity index is 3340. The molecule has 6 aromatic rings. The summed E-state index contributed by atoms with van der Waals surface area (Å²) in [7, 11) is 0. The number of phenolic OH excluding ortho intramolecular Hbond substituents is 1. The van der Waals surface area contributed by atoms with Gasteiger partial charge in [0, 0.05) is 60.2 Å². The number of anilines is 2. The minimum absolute atomic E-state index is 0.0167. The normalized spacial score (nSPS) is 24.2. The number of aryl methyl sites for hydroxylation is 1. The molecule has 0 bridgehead atoms. The van der Waals surface area contributed by atoms with E-state index in [2.05, 4.69) is 32.2 Å². The van der Waals surface area contributed by atoms with Crippen LogP contribution in [0.1, 0.15) is 118 Å². The molecule has 4 aromatic carbocycles. The van der Waals surface area contributed by atoms with E-state index in [1.807, 2.05) is 30.0 Å². The Balaban J connectivity index is 0.655. The average Bonchev–Trinajstić information content (AvgIpc) is 4.11. The molecular weight excluding hydrogens is 955 g/mol. The number of nitrogens with zero attached hydrogens (tertiary/aromatic N) is 7. The molecule has 0 radical (unpaired) electrons. The van der Waals surface area contributed by atoms with Crippen molar-refractivity contribution in [1.29, 1.82) is 0 Å². The fourth-order valence-electron chi connectivity index (χ4n) is 14.2. The number of nitrogens with one attached hydrogen (secondary N) is 1. The number of carbonyl (C=O) groups is 3. The van der Waals surface area contributed by atoms with Crippen LogP contribution < -0.4 is 19.9 Å². The van der Waals surface area contributed by atoms with Gasteiger partial charge in [-0.2, -0.15) is 9.97 Å².